The summed E-state index contributed by atoms with van der Waals surface area (Å²) in [5.74, 6) is 0.362. The van der Waals surface area contributed by atoms with Crippen LogP contribution in [0.25, 0.3) is 0 Å². The zero-order chi connectivity index (χ0) is 18.0. The Bertz CT molecular complexity index is 801. The lowest BCUT2D eigenvalue weighted by atomic mass is 9.78. The van der Waals surface area contributed by atoms with Gasteiger partial charge in [0.1, 0.15) is 0 Å². The average molecular weight is 338 g/mol. The zero-order valence-corrected chi connectivity index (χ0v) is 14.5. The Labute approximate surface area is 147 Å². The van der Waals surface area contributed by atoms with Crippen molar-refractivity contribution in [3.8, 4) is 0 Å². The van der Waals surface area contributed by atoms with Gasteiger partial charge in [0.05, 0.1) is 10.3 Å². The molecule has 2 aromatic carbocycles. The van der Waals surface area contributed by atoms with E-state index in [2.05, 4.69) is 12.2 Å². The molecule has 1 heterocycles. The molecular weight excluding hydrogens is 316 g/mol. The third kappa shape index (κ3) is 3.27. The number of para-hydroxylation sites is 1. The third-order valence-corrected chi connectivity index (χ3v) is 5.26. The summed E-state index contributed by atoms with van der Waals surface area (Å²) in [7, 11) is 0. The summed E-state index contributed by atoms with van der Waals surface area (Å²) in [6.07, 6.45) is 2.63. The molecule has 0 aliphatic carbocycles. The highest BCUT2D eigenvalue weighted by Crippen LogP contribution is 2.41. The first kappa shape index (κ1) is 17.1. The van der Waals surface area contributed by atoms with Crippen LogP contribution in [0.2, 0.25) is 0 Å². The van der Waals surface area contributed by atoms with Gasteiger partial charge in [0.2, 0.25) is 5.91 Å². The fourth-order valence-electron chi connectivity index (χ4n) is 3.56. The Morgan fingerprint density at radius 3 is 2.52 bits per heavy atom. The van der Waals surface area contributed by atoms with E-state index in [0.717, 1.165) is 36.1 Å². The first-order valence-corrected chi connectivity index (χ1v) is 8.57. The van der Waals surface area contributed by atoms with Gasteiger partial charge in [0.25, 0.3) is 5.69 Å². The van der Waals surface area contributed by atoms with Crippen molar-refractivity contribution in [3.63, 3.8) is 0 Å². The summed E-state index contributed by atoms with van der Waals surface area (Å²) in [5, 5.41) is 13.7. The van der Waals surface area contributed by atoms with E-state index in [4.69, 9.17) is 0 Å². The van der Waals surface area contributed by atoms with Crippen molar-refractivity contribution in [3.05, 3.63) is 69.8 Å². The largest absolute Gasteiger partial charge is 0.325 e. The molecule has 0 saturated heterocycles. The summed E-state index contributed by atoms with van der Waals surface area (Å²) < 4.78 is 0. The third-order valence-electron chi connectivity index (χ3n) is 5.26. The molecule has 0 bridgehead atoms. The molecule has 5 heteroatoms. The smallest absolute Gasteiger partial charge is 0.269 e. The molecule has 130 valence electrons. The van der Waals surface area contributed by atoms with Crippen molar-refractivity contribution in [2.24, 2.45) is 0 Å². The van der Waals surface area contributed by atoms with Crippen molar-refractivity contribution in [2.75, 3.05) is 5.32 Å². The number of nitrogens with zero attached hydrogens (tertiary/aromatic N) is 1. The van der Waals surface area contributed by atoms with E-state index in [1.807, 2.05) is 43.3 Å². The molecule has 3 rings (SSSR count). The Morgan fingerprint density at radius 1 is 1.16 bits per heavy atom. The van der Waals surface area contributed by atoms with E-state index in [9.17, 15) is 14.9 Å². The van der Waals surface area contributed by atoms with E-state index in [0.29, 0.717) is 5.92 Å². The van der Waals surface area contributed by atoms with Gasteiger partial charge in [-0.1, -0.05) is 43.7 Å². The molecule has 25 heavy (non-hydrogen) atoms. The first-order chi connectivity index (χ1) is 11.9. The van der Waals surface area contributed by atoms with Crippen molar-refractivity contribution >= 4 is 17.3 Å². The molecule has 2 unspecified atom stereocenters. The molecule has 2 aromatic rings. The van der Waals surface area contributed by atoms with Crippen molar-refractivity contribution in [1.29, 1.82) is 0 Å². The van der Waals surface area contributed by atoms with Crippen LogP contribution in [0.3, 0.4) is 0 Å². The monoisotopic (exact) mass is 338 g/mol. The normalized spacial score (nSPS) is 20.0. The molecule has 0 saturated carbocycles. The van der Waals surface area contributed by atoms with E-state index < -0.39 is 5.41 Å². The Hall–Kier alpha value is -2.69. The number of rotatable bonds is 6. The summed E-state index contributed by atoms with van der Waals surface area (Å²) in [6.45, 7) is 4.12. The van der Waals surface area contributed by atoms with Crippen molar-refractivity contribution < 1.29 is 9.72 Å². The van der Waals surface area contributed by atoms with E-state index >= 15 is 0 Å². The maximum Gasteiger partial charge on any atom is 0.269 e. The number of nitrogens with one attached hydrogen (secondary N) is 1. The molecule has 1 aliphatic rings. The summed E-state index contributed by atoms with van der Waals surface area (Å²) >= 11 is 0. The molecule has 0 radical (unpaired) electrons. The second-order valence-electron chi connectivity index (χ2n) is 6.97. The number of nitro benzene ring substituents is 1. The molecule has 1 N–H and O–H groups in total. The maximum absolute atomic E-state index is 12.4. The lowest BCUT2D eigenvalue weighted by molar-refractivity contribution is -0.384. The molecule has 0 fully saturated rings. The highest BCUT2D eigenvalue weighted by Gasteiger charge is 2.41. The number of non-ortho nitro benzene ring substituents is 1. The van der Waals surface area contributed by atoms with Gasteiger partial charge in [0.15, 0.2) is 0 Å². The van der Waals surface area contributed by atoms with E-state index in [1.54, 1.807) is 12.1 Å². The highest BCUT2D eigenvalue weighted by atomic mass is 16.6. The van der Waals surface area contributed by atoms with Crippen LogP contribution in [0.1, 0.15) is 50.2 Å². The van der Waals surface area contributed by atoms with Crippen LogP contribution in [0.15, 0.2) is 48.5 Å². The molecule has 1 amide bonds. The van der Waals surface area contributed by atoms with Gasteiger partial charge in [-0.15, -0.1) is 0 Å². The maximum atomic E-state index is 12.4. The predicted molar refractivity (Wildman–Crippen MR) is 97.8 cm³/mol. The minimum Gasteiger partial charge on any atom is -0.325 e. The molecule has 2 atom stereocenters. The summed E-state index contributed by atoms with van der Waals surface area (Å²) in [5.41, 5.74) is 2.71. The number of benzene rings is 2. The molecule has 1 aliphatic heterocycles. The van der Waals surface area contributed by atoms with Crippen LogP contribution in [0.4, 0.5) is 11.4 Å². The topological polar surface area (TPSA) is 72.2 Å². The zero-order valence-electron chi connectivity index (χ0n) is 14.5. The van der Waals surface area contributed by atoms with Gasteiger partial charge in [0, 0.05) is 17.8 Å². The Morgan fingerprint density at radius 2 is 1.84 bits per heavy atom. The number of nitro groups is 1. The Kier molecular flexibility index (Phi) is 4.57. The van der Waals surface area contributed by atoms with Gasteiger partial charge in [-0.2, -0.15) is 0 Å². The fraction of sp³-hybridized carbons (Fsp3) is 0.350. The van der Waals surface area contributed by atoms with Crippen molar-refractivity contribution in [1.82, 2.24) is 0 Å². The number of hydrogen-bond donors (Lipinski definition) is 1. The van der Waals surface area contributed by atoms with Gasteiger partial charge >= 0.3 is 0 Å². The lowest BCUT2D eigenvalue weighted by Gasteiger charge is -2.23. The molecule has 0 spiro atoms. The number of carbonyl (C=O) groups is 1. The summed E-state index contributed by atoms with van der Waals surface area (Å²) in [4.78, 5) is 22.8. The quantitative estimate of drug-likeness (QED) is 0.608. The van der Waals surface area contributed by atoms with E-state index in [-0.39, 0.29) is 16.5 Å². The number of anilines is 1. The SMILES string of the molecule is CC(CCCC1(C)C(=O)Nc2ccccc21)c1ccc([N+](=O)[O-])cc1. The standard InChI is InChI=1S/C20H22N2O3/c1-14(15-9-11-16(12-10-15)22(24)25)6-5-13-20(2)17-7-3-4-8-18(17)21-19(20)23/h3-4,7-12,14H,5-6,13H2,1-2H3,(H,21,23). The van der Waals surface area contributed by atoms with Gasteiger partial charge < -0.3 is 5.32 Å². The van der Waals surface area contributed by atoms with Crippen LogP contribution in [-0.4, -0.2) is 10.8 Å². The second kappa shape index (κ2) is 6.67. The number of amides is 1. The number of fused-ring (bicyclic) bond motifs is 1. The van der Waals surface area contributed by atoms with Gasteiger partial charge in [-0.3, -0.25) is 14.9 Å². The average Bonchev–Trinajstić information content (AvgIpc) is 2.86. The summed E-state index contributed by atoms with van der Waals surface area (Å²) in [6, 6.07) is 14.6. The highest BCUT2D eigenvalue weighted by molar-refractivity contribution is 6.05. The van der Waals surface area contributed by atoms with E-state index in [1.165, 1.54) is 0 Å². The van der Waals surface area contributed by atoms with Crippen molar-refractivity contribution in [2.45, 2.75) is 44.4 Å². The minimum atomic E-state index is -0.480. The first-order valence-electron chi connectivity index (χ1n) is 8.57. The molecule has 0 aromatic heterocycles. The second-order valence-corrected chi connectivity index (χ2v) is 6.97. The minimum absolute atomic E-state index is 0.0664. The Balaban J connectivity index is 1.62. The fourth-order valence-corrected chi connectivity index (χ4v) is 3.56. The number of hydrogen-bond acceptors (Lipinski definition) is 3. The van der Waals surface area contributed by atoms with Gasteiger partial charge in [-0.25, -0.2) is 0 Å². The number of carbonyl (C=O) groups excluding carboxylic acids is 1. The van der Waals surface area contributed by atoms with Gasteiger partial charge in [-0.05, 0) is 42.9 Å². The van der Waals surface area contributed by atoms with Crippen LogP contribution in [0.5, 0.6) is 0 Å². The molecular formula is C20H22N2O3. The van der Waals surface area contributed by atoms with Crippen LogP contribution in [-0.2, 0) is 10.2 Å². The molecule has 5 nitrogen and oxygen atoms in total. The lowest BCUT2D eigenvalue weighted by Crippen LogP contribution is -2.31. The predicted octanol–water partition coefficient (Wildman–Crippen LogP) is 4.78. The van der Waals surface area contributed by atoms with Crippen LogP contribution >= 0.6 is 0 Å². The van der Waals surface area contributed by atoms with Crippen LogP contribution < -0.4 is 5.32 Å². The van der Waals surface area contributed by atoms with Crippen LogP contribution in [0, 0.1) is 10.1 Å².